The van der Waals surface area contributed by atoms with E-state index in [4.69, 9.17) is 4.74 Å². The second-order valence-electron chi connectivity index (χ2n) is 4.03. The summed E-state index contributed by atoms with van der Waals surface area (Å²) in [5, 5.41) is 2.82. The predicted molar refractivity (Wildman–Crippen MR) is 58.9 cm³/mol. The van der Waals surface area contributed by atoms with E-state index in [0.29, 0.717) is 0 Å². The maximum absolute atomic E-state index is 11.0. The molecule has 1 aliphatic heterocycles. The Morgan fingerprint density at radius 2 is 2.07 bits per heavy atom. The summed E-state index contributed by atoms with van der Waals surface area (Å²) in [5.41, 5.74) is 4.39. The summed E-state index contributed by atoms with van der Waals surface area (Å²) in [6.07, 6.45) is 0.273. The highest BCUT2D eigenvalue weighted by atomic mass is 16.6. The first kappa shape index (κ1) is 10.2. The van der Waals surface area contributed by atoms with E-state index in [9.17, 15) is 4.79 Å². The minimum absolute atomic E-state index is 0.0343. The van der Waals surface area contributed by atoms with Gasteiger partial charge in [0.05, 0.1) is 6.61 Å². The van der Waals surface area contributed by atoms with Gasteiger partial charge in [-0.05, 0) is 36.6 Å². The van der Waals surface area contributed by atoms with E-state index in [-0.39, 0.29) is 12.0 Å². The van der Waals surface area contributed by atoms with Crippen molar-refractivity contribution in [3.63, 3.8) is 0 Å². The molecule has 1 heterocycles. The lowest BCUT2D eigenvalue weighted by Crippen LogP contribution is -2.08. The first-order chi connectivity index (χ1) is 7.08. The number of ether oxygens (including phenoxy) is 1. The molecule has 1 amide bonds. The lowest BCUT2D eigenvalue weighted by molar-refractivity contribution is -0.114. The van der Waals surface area contributed by atoms with Gasteiger partial charge in [0, 0.05) is 12.6 Å². The van der Waals surface area contributed by atoms with E-state index in [2.05, 4.69) is 11.4 Å². The van der Waals surface area contributed by atoms with Gasteiger partial charge < -0.3 is 10.1 Å². The average molecular weight is 205 g/mol. The van der Waals surface area contributed by atoms with E-state index < -0.39 is 0 Å². The quantitative estimate of drug-likeness (QED) is 0.753. The van der Waals surface area contributed by atoms with Crippen molar-refractivity contribution in [3.05, 3.63) is 28.8 Å². The van der Waals surface area contributed by atoms with Crippen molar-refractivity contribution in [3.8, 4) is 0 Å². The van der Waals surface area contributed by atoms with Crippen LogP contribution in [-0.2, 0) is 9.53 Å². The number of aryl methyl sites for hydroxylation is 2. The van der Waals surface area contributed by atoms with E-state index in [1.165, 1.54) is 18.1 Å². The summed E-state index contributed by atoms with van der Waals surface area (Å²) in [6, 6.07) is 4.10. The fraction of sp³-hybridized carbons (Fsp3) is 0.417. The molecule has 0 bridgehead atoms. The average Bonchev–Trinajstić information content (AvgIpc) is 2.93. The fourth-order valence-corrected chi connectivity index (χ4v) is 1.74. The molecule has 15 heavy (non-hydrogen) atoms. The molecule has 2 rings (SSSR count). The number of nitrogens with one attached hydrogen (secondary N) is 1. The number of anilines is 1. The number of carbonyl (C=O) groups excluding carboxylic acids is 1. The lowest BCUT2D eigenvalue weighted by Gasteiger charge is -2.10. The molecule has 1 atom stereocenters. The van der Waals surface area contributed by atoms with Gasteiger partial charge >= 0.3 is 0 Å². The molecule has 3 heteroatoms. The van der Waals surface area contributed by atoms with Crippen LogP contribution in [0.4, 0.5) is 5.69 Å². The minimum Gasteiger partial charge on any atom is -0.368 e. The maximum Gasteiger partial charge on any atom is 0.221 e. The first-order valence-corrected chi connectivity index (χ1v) is 5.08. The summed E-state index contributed by atoms with van der Waals surface area (Å²) < 4.78 is 5.26. The van der Waals surface area contributed by atoms with Crippen LogP contribution in [0.2, 0.25) is 0 Å². The van der Waals surface area contributed by atoms with Crippen LogP contribution in [0, 0.1) is 13.8 Å². The van der Waals surface area contributed by atoms with Gasteiger partial charge in [0.25, 0.3) is 0 Å². The molecule has 1 fully saturated rings. The molecule has 1 N–H and O–H groups in total. The molecule has 1 aromatic rings. The molecule has 1 aliphatic rings. The van der Waals surface area contributed by atoms with Crippen LogP contribution < -0.4 is 5.32 Å². The predicted octanol–water partition coefficient (Wildman–Crippen LogP) is 2.33. The van der Waals surface area contributed by atoms with Crippen LogP contribution in [0.5, 0.6) is 0 Å². The summed E-state index contributed by atoms with van der Waals surface area (Å²) >= 11 is 0. The van der Waals surface area contributed by atoms with Crippen molar-refractivity contribution in [1.29, 1.82) is 0 Å². The van der Waals surface area contributed by atoms with Crippen molar-refractivity contribution in [2.24, 2.45) is 0 Å². The Bertz CT molecular complexity index is 408. The Hall–Kier alpha value is -1.35. The molecule has 1 unspecified atom stereocenters. The van der Waals surface area contributed by atoms with Gasteiger partial charge in [0.1, 0.15) is 6.10 Å². The number of carbonyl (C=O) groups is 1. The number of amides is 1. The van der Waals surface area contributed by atoms with Gasteiger partial charge in [-0.3, -0.25) is 4.79 Å². The number of hydrogen-bond acceptors (Lipinski definition) is 2. The van der Waals surface area contributed by atoms with Crippen molar-refractivity contribution >= 4 is 11.6 Å². The fourth-order valence-electron chi connectivity index (χ4n) is 1.74. The second kappa shape index (κ2) is 3.66. The van der Waals surface area contributed by atoms with Crippen LogP contribution in [0.1, 0.15) is 29.7 Å². The smallest absolute Gasteiger partial charge is 0.221 e. The van der Waals surface area contributed by atoms with Gasteiger partial charge in [-0.15, -0.1) is 0 Å². The maximum atomic E-state index is 11.0. The Balaban J connectivity index is 2.33. The van der Waals surface area contributed by atoms with E-state index in [0.717, 1.165) is 17.9 Å². The number of rotatable bonds is 2. The number of epoxide rings is 1. The van der Waals surface area contributed by atoms with E-state index >= 15 is 0 Å². The van der Waals surface area contributed by atoms with Crippen molar-refractivity contribution in [1.82, 2.24) is 0 Å². The molecular formula is C12H15NO2. The van der Waals surface area contributed by atoms with Crippen molar-refractivity contribution in [2.45, 2.75) is 26.9 Å². The Labute approximate surface area is 89.4 Å². The summed E-state index contributed by atoms with van der Waals surface area (Å²) in [6.45, 7) is 6.38. The molecule has 0 radical (unpaired) electrons. The van der Waals surface area contributed by atoms with Gasteiger partial charge in [0.15, 0.2) is 0 Å². The Morgan fingerprint density at radius 3 is 2.60 bits per heavy atom. The molecule has 80 valence electrons. The SMILES string of the molecule is CC(=O)Nc1cc(C)c(C2CO2)cc1C. The molecule has 0 aromatic heterocycles. The third kappa shape index (κ3) is 2.18. The van der Waals surface area contributed by atoms with Crippen molar-refractivity contribution in [2.75, 3.05) is 11.9 Å². The first-order valence-electron chi connectivity index (χ1n) is 5.08. The van der Waals surface area contributed by atoms with Gasteiger partial charge in [-0.1, -0.05) is 6.07 Å². The topological polar surface area (TPSA) is 41.6 Å². The van der Waals surface area contributed by atoms with Crippen LogP contribution >= 0.6 is 0 Å². The molecule has 1 aromatic carbocycles. The highest BCUT2D eigenvalue weighted by molar-refractivity contribution is 5.89. The molecule has 3 nitrogen and oxygen atoms in total. The van der Waals surface area contributed by atoms with Crippen molar-refractivity contribution < 1.29 is 9.53 Å². The monoisotopic (exact) mass is 205 g/mol. The van der Waals surface area contributed by atoms with Gasteiger partial charge in [-0.2, -0.15) is 0 Å². The van der Waals surface area contributed by atoms with Crippen LogP contribution in [-0.4, -0.2) is 12.5 Å². The zero-order chi connectivity index (χ0) is 11.0. The second-order valence-corrected chi connectivity index (χ2v) is 4.03. The number of benzene rings is 1. The van der Waals surface area contributed by atoms with Crippen LogP contribution in [0.15, 0.2) is 12.1 Å². The zero-order valence-corrected chi connectivity index (χ0v) is 9.26. The molecule has 0 spiro atoms. The van der Waals surface area contributed by atoms with Crippen LogP contribution in [0.25, 0.3) is 0 Å². The molecule has 1 saturated heterocycles. The molecule has 0 aliphatic carbocycles. The minimum atomic E-state index is -0.0343. The van der Waals surface area contributed by atoms with E-state index in [1.807, 2.05) is 19.9 Å². The van der Waals surface area contributed by atoms with Gasteiger partial charge in [0.2, 0.25) is 5.91 Å². The highest BCUT2D eigenvalue weighted by Crippen LogP contribution is 2.34. The largest absolute Gasteiger partial charge is 0.368 e. The Kier molecular flexibility index (Phi) is 2.49. The third-order valence-corrected chi connectivity index (χ3v) is 2.60. The lowest BCUT2D eigenvalue weighted by atomic mass is 10.0. The van der Waals surface area contributed by atoms with E-state index in [1.54, 1.807) is 0 Å². The van der Waals surface area contributed by atoms with Crippen LogP contribution in [0.3, 0.4) is 0 Å². The van der Waals surface area contributed by atoms with Gasteiger partial charge in [-0.25, -0.2) is 0 Å². The third-order valence-electron chi connectivity index (χ3n) is 2.60. The normalized spacial score (nSPS) is 18.7. The summed E-state index contributed by atoms with van der Waals surface area (Å²) in [4.78, 5) is 11.0. The number of hydrogen-bond donors (Lipinski definition) is 1. The molecular weight excluding hydrogens is 190 g/mol. The summed E-state index contributed by atoms with van der Waals surface area (Å²) in [5.74, 6) is -0.0343. The summed E-state index contributed by atoms with van der Waals surface area (Å²) in [7, 11) is 0. The zero-order valence-electron chi connectivity index (χ0n) is 9.26. The highest BCUT2D eigenvalue weighted by Gasteiger charge is 2.26. The molecule has 0 saturated carbocycles. The standard InChI is InChI=1S/C12H15NO2/c1-7-5-11(13-9(3)14)8(2)4-10(7)12-6-15-12/h4-5,12H,6H2,1-3H3,(H,13,14). The Morgan fingerprint density at radius 1 is 1.40 bits per heavy atom.